The van der Waals surface area contributed by atoms with Crippen molar-refractivity contribution in [2.24, 2.45) is 16.7 Å². The fraction of sp³-hybridized carbons (Fsp3) is 0.462. The molecule has 0 radical (unpaired) electrons. The van der Waals surface area contributed by atoms with Crippen LogP contribution < -0.4 is 4.90 Å². The normalized spacial score (nSPS) is 24.8. The maximum Gasteiger partial charge on any atom is 0.342 e. The third-order valence-electron chi connectivity index (χ3n) is 8.29. The number of ether oxygens (including phenoxy) is 1. The molecule has 8 heteroatoms. The number of rotatable bonds is 5. The van der Waals surface area contributed by atoms with Gasteiger partial charge in [-0.15, -0.1) is 0 Å². The molecule has 2 fully saturated rings. The molecule has 2 saturated carbocycles. The van der Waals surface area contributed by atoms with E-state index in [0.717, 1.165) is 19.3 Å². The lowest BCUT2D eigenvalue weighted by molar-refractivity contribution is -0.116. The van der Waals surface area contributed by atoms with E-state index in [1.807, 2.05) is 0 Å². The largest absolute Gasteiger partial charge is 0.507 e. The quantitative estimate of drug-likeness (QED) is 0.463. The Labute approximate surface area is 209 Å². The van der Waals surface area contributed by atoms with Gasteiger partial charge in [0, 0.05) is 34.7 Å². The number of carbonyl (C=O) groups excluding carboxylic acids is 2. The first-order valence-electron chi connectivity index (χ1n) is 11.3. The minimum atomic E-state index is -0.577. The fourth-order valence-electron chi connectivity index (χ4n) is 5.66. The molecule has 6 nitrogen and oxygen atoms in total. The van der Waals surface area contributed by atoms with Crippen molar-refractivity contribution in [2.75, 3.05) is 4.90 Å². The summed E-state index contributed by atoms with van der Waals surface area (Å²) in [5.74, 6) is -0.847. The molecule has 2 aliphatic carbocycles. The first-order chi connectivity index (χ1) is 15.8. The molecule has 0 spiro atoms. The summed E-state index contributed by atoms with van der Waals surface area (Å²) in [6.45, 7) is 8.00. The number of hydrogen-bond acceptors (Lipinski definition) is 5. The zero-order chi connectivity index (χ0) is 25.0. The first kappa shape index (κ1) is 24.7. The van der Waals surface area contributed by atoms with Gasteiger partial charge in [-0.3, -0.25) is 4.79 Å². The van der Waals surface area contributed by atoms with Crippen molar-refractivity contribution in [1.82, 2.24) is 0 Å². The molecule has 34 heavy (non-hydrogen) atoms. The van der Waals surface area contributed by atoms with Crippen molar-refractivity contribution in [3.63, 3.8) is 0 Å². The summed E-state index contributed by atoms with van der Waals surface area (Å²) in [5, 5.41) is 21.3. The lowest BCUT2D eigenvalue weighted by atomic mass is 9.70. The topological polar surface area (TPSA) is 87.1 Å². The Balaban J connectivity index is 1.55. The van der Waals surface area contributed by atoms with Gasteiger partial charge in [-0.2, -0.15) is 0 Å². The molecule has 3 unspecified atom stereocenters. The molecule has 3 atom stereocenters. The Kier molecular flexibility index (Phi) is 6.28. The smallest absolute Gasteiger partial charge is 0.342 e. The van der Waals surface area contributed by atoms with E-state index in [1.165, 1.54) is 36.1 Å². The molecule has 0 saturated heterocycles. The Morgan fingerprint density at radius 1 is 1.15 bits per heavy atom. The summed E-state index contributed by atoms with van der Waals surface area (Å²) in [5.41, 5.74) is 0.757. The average molecular weight is 506 g/mol. The highest BCUT2D eigenvalue weighted by Crippen LogP contribution is 2.66. The van der Waals surface area contributed by atoms with Gasteiger partial charge >= 0.3 is 5.97 Å². The summed E-state index contributed by atoms with van der Waals surface area (Å²) in [6, 6.07) is 7.28. The van der Waals surface area contributed by atoms with E-state index in [2.05, 4.69) is 20.8 Å². The van der Waals surface area contributed by atoms with E-state index < -0.39 is 5.97 Å². The number of amides is 1. The van der Waals surface area contributed by atoms with Crippen LogP contribution in [-0.2, 0) is 16.1 Å². The van der Waals surface area contributed by atoms with Crippen LogP contribution in [0.2, 0.25) is 10.0 Å². The van der Waals surface area contributed by atoms with Gasteiger partial charge in [0.15, 0.2) is 0 Å². The number of carbonyl (C=O) groups is 2. The SMILES string of the molecule is CC(=O)N(Cc1cc(Cl)cc(Cl)c1O)c1ccc(C(=O)OC2CC3CCC2(C)C3(C)C)c(O)c1. The van der Waals surface area contributed by atoms with Gasteiger partial charge in [0.1, 0.15) is 23.2 Å². The first-order valence-corrected chi connectivity index (χ1v) is 12.1. The molecule has 0 aromatic heterocycles. The van der Waals surface area contributed by atoms with Gasteiger partial charge in [-0.25, -0.2) is 4.79 Å². The second-order valence-electron chi connectivity index (χ2n) is 10.2. The molecule has 0 heterocycles. The van der Waals surface area contributed by atoms with Crippen molar-refractivity contribution >= 4 is 40.8 Å². The summed E-state index contributed by atoms with van der Waals surface area (Å²) in [4.78, 5) is 26.7. The van der Waals surface area contributed by atoms with Gasteiger partial charge in [-0.1, -0.05) is 44.0 Å². The number of phenolic OH excluding ortho intramolecular Hbond substituents is 2. The highest BCUT2D eigenvalue weighted by molar-refractivity contribution is 6.35. The number of esters is 1. The van der Waals surface area contributed by atoms with Crippen molar-refractivity contribution in [3.8, 4) is 11.5 Å². The number of phenols is 2. The molecule has 2 bridgehead atoms. The van der Waals surface area contributed by atoms with Gasteiger partial charge in [0.2, 0.25) is 5.91 Å². The third-order valence-corrected chi connectivity index (χ3v) is 8.80. The molecule has 2 N–H and O–H groups in total. The lowest BCUT2D eigenvalue weighted by Gasteiger charge is -2.38. The molecule has 4 rings (SSSR count). The van der Waals surface area contributed by atoms with Crippen LogP contribution in [0.25, 0.3) is 0 Å². The van der Waals surface area contributed by atoms with E-state index in [4.69, 9.17) is 27.9 Å². The van der Waals surface area contributed by atoms with Gasteiger partial charge in [0.05, 0.1) is 11.6 Å². The third kappa shape index (κ3) is 4.01. The Morgan fingerprint density at radius 3 is 2.41 bits per heavy atom. The van der Waals surface area contributed by atoms with Gasteiger partial charge < -0.3 is 19.8 Å². The predicted octanol–water partition coefficient (Wildman–Crippen LogP) is 6.33. The summed E-state index contributed by atoms with van der Waals surface area (Å²) >= 11 is 12.0. The van der Waals surface area contributed by atoms with Crippen LogP contribution >= 0.6 is 23.2 Å². The van der Waals surface area contributed by atoms with E-state index in [-0.39, 0.29) is 51.5 Å². The van der Waals surface area contributed by atoms with E-state index in [0.29, 0.717) is 22.2 Å². The fourth-order valence-corrected chi connectivity index (χ4v) is 6.19. The maximum atomic E-state index is 13.0. The Hall–Kier alpha value is -2.44. The van der Waals surface area contributed by atoms with Crippen LogP contribution in [-0.4, -0.2) is 28.2 Å². The number of nitrogens with zero attached hydrogens (tertiary/aromatic N) is 1. The zero-order valence-electron chi connectivity index (χ0n) is 19.7. The summed E-state index contributed by atoms with van der Waals surface area (Å²) in [7, 11) is 0. The molecule has 0 aliphatic heterocycles. The lowest BCUT2D eigenvalue weighted by Crippen LogP contribution is -2.38. The molecule has 2 aromatic rings. The number of hydrogen-bond donors (Lipinski definition) is 2. The number of halogens is 2. The van der Waals surface area contributed by atoms with Crippen LogP contribution in [0.15, 0.2) is 30.3 Å². The van der Waals surface area contributed by atoms with E-state index in [9.17, 15) is 19.8 Å². The van der Waals surface area contributed by atoms with Crippen molar-refractivity contribution in [3.05, 3.63) is 51.5 Å². The summed E-state index contributed by atoms with van der Waals surface area (Å²) in [6.07, 6.45) is 2.79. The van der Waals surface area contributed by atoms with Gasteiger partial charge in [0.25, 0.3) is 0 Å². The molecule has 182 valence electrons. The number of anilines is 1. The van der Waals surface area contributed by atoms with Crippen LogP contribution in [0.3, 0.4) is 0 Å². The molecule has 2 aliphatic rings. The minimum Gasteiger partial charge on any atom is -0.507 e. The van der Waals surface area contributed by atoms with Gasteiger partial charge in [-0.05, 0) is 54.9 Å². The summed E-state index contributed by atoms with van der Waals surface area (Å²) < 4.78 is 5.89. The van der Waals surface area contributed by atoms with Crippen LogP contribution in [0.4, 0.5) is 5.69 Å². The molecular weight excluding hydrogens is 477 g/mol. The monoisotopic (exact) mass is 505 g/mol. The van der Waals surface area contributed by atoms with Crippen LogP contribution in [0, 0.1) is 16.7 Å². The molecule has 2 aromatic carbocycles. The van der Waals surface area contributed by atoms with Crippen molar-refractivity contribution < 1.29 is 24.5 Å². The van der Waals surface area contributed by atoms with Crippen molar-refractivity contribution in [2.45, 2.75) is 59.6 Å². The predicted molar refractivity (Wildman–Crippen MR) is 132 cm³/mol. The Morgan fingerprint density at radius 2 is 1.85 bits per heavy atom. The van der Waals surface area contributed by atoms with Crippen molar-refractivity contribution in [1.29, 1.82) is 0 Å². The highest BCUT2D eigenvalue weighted by atomic mass is 35.5. The minimum absolute atomic E-state index is 0.0262. The number of fused-ring (bicyclic) bond motifs is 2. The number of aromatic hydroxyl groups is 2. The standard InChI is InChI=1S/C26H29Cl2NO5/c1-14(30)29(13-15-9-17(27)11-20(28)23(15)32)18-5-6-19(21(31)12-18)24(33)34-22-10-16-7-8-26(22,4)25(16,2)3/h5-6,9,11-12,16,22,31-32H,7-8,10,13H2,1-4H3. The molecular formula is C26H29Cl2NO5. The highest BCUT2D eigenvalue weighted by Gasteiger charge is 2.62. The zero-order valence-corrected chi connectivity index (χ0v) is 21.2. The van der Waals surface area contributed by atoms with E-state index >= 15 is 0 Å². The van der Waals surface area contributed by atoms with E-state index in [1.54, 1.807) is 6.07 Å². The Bertz CT molecular complexity index is 1160. The number of benzene rings is 2. The van der Waals surface area contributed by atoms with Crippen LogP contribution in [0.1, 0.15) is 62.9 Å². The maximum absolute atomic E-state index is 13.0. The second kappa shape index (κ2) is 8.65. The average Bonchev–Trinajstić information content (AvgIpc) is 3.08. The second-order valence-corrected chi connectivity index (χ2v) is 11.0. The van der Waals surface area contributed by atoms with Crippen LogP contribution in [0.5, 0.6) is 11.5 Å². The molecule has 1 amide bonds.